The van der Waals surface area contributed by atoms with Crippen molar-refractivity contribution in [1.29, 1.82) is 5.26 Å². The summed E-state index contributed by atoms with van der Waals surface area (Å²) >= 11 is 0. The predicted octanol–water partition coefficient (Wildman–Crippen LogP) is 5.54. The van der Waals surface area contributed by atoms with Gasteiger partial charge in [-0.2, -0.15) is 5.26 Å². The Kier molecular flexibility index (Phi) is 6.44. The van der Waals surface area contributed by atoms with Gasteiger partial charge in [-0.15, -0.1) is 0 Å². The SMILES string of the molecule is Cc1cc(C)c2c(C#N)c(/C=C/C(=O)N[C@H]3CCOC(C)(C)C3)n([C@H]3CCCc4ccccc43)c2n1. The zero-order chi connectivity index (χ0) is 25.4. The molecular formula is C30H34N4O2. The van der Waals surface area contributed by atoms with Gasteiger partial charge in [-0.05, 0) is 88.6 Å². The summed E-state index contributed by atoms with van der Waals surface area (Å²) in [6.45, 7) is 8.77. The first-order valence-electron chi connectivity index (χ1n) is 12.9. The minimum Gasteiger partial charge on any atom is -0.375 e. The molecule has 6 heteroatoms. The molecule has 2 aliphatic rings. The van der Waals surface area contributed by atoms with Gasteiger partial charge in [0.1, 0.15) is 11.7 Å². The molecule has 3 aromatic rings. The molecule has 0 radical (unpaired) electrons. The largest absolute Gasteiger partial charge is 0.375 e. The third-order valence-electron chi connectivity index (χ3n) is 7.52. The highest BCUT2D eigenvalue weighted by Crippen LogP contribution is 2.39. The van der Waals surface area contributed by atoms with E-state index in [2.05, 4.69) is 54.1 Å². The van der Waals surface area contributed by atoms with E-state index in [1.165, 1.54) is 11.1 Å². The fourth-order valence-electron chi connectivity index (χ4n) is 6.01. The van der Waals surface area contributed by atoms with E-state index in [0.717, 1.165) is 60.1 Å². The van der Waals surface area contributed by atoms with Crippen LogP contribution in [0.15, 0.2) is 36.4 Å². The van der Waals surface area contributed by atoms with Crippen LogP contribution in [-0.2, 0) is 16.0 Å². The molecule has 1 aliphatic heterocycles. The third-order valence-corrected chi connectivity index (χ3v) is 7.52. The molecule has 1 amide bonds. The number of nitrogens with one attached hydrogen (secondary N) is 1. The molecule has 2 atom stereocenters. The number of hydrogen-bond acceptors (Lipinski definition) is 4. The van der Waals surface area contributed by atoms with Gasteiger partial charge in [-0.25, -0.2) is 4.98 Å². The predicted molar refractivity (Wildman–Crippen MR) is 142 cm³/mol. The van der Waals surface area contributed by atoms with E-state index in [1.54, 1.807) is 6.08 Å². The molecule has 1 fully saturated rings. The number of fused-ring (bicyclic) bond motifs is 2. The van der Waals surface area contributed by atoms with Crippen molar-refractivity contribution >= 4 is 23.0 Å². The average molecular weight is 483 g/mol. The number of carbonyl (C=O) groups excluding carboxylic acids is 1. The van der Waals surface area contributed by atoms with Gasteiger partial charge in [-0.3, -0.25) is 4.79 Å². The lowest BCUT2D eigenvalue weighted by Gasteiger charge is -2.35. The lowest BCUT2D eigenvalue weighted by atomic mass is 9.87. The van der Waals surface area contributed by atoms with Crippen molar-refractivity contribution in [3.05, 3.63) is 70.0 Å². The van der Waals surface area contributed by atoms with Crippen molar-refractivity contribution in [3.63, 3.8) is 0 Å². The summed E-state index contributed by atoms with van der Waals surface area (Å²) in [6, 6.07) is 13.1. The van der Waals surface area contributed by atoms with Crippen molar-refractivity contribution in [3.8, 4) is 6.07 Å². The Morgan fingerprint density at radius 2 is 2.08 bits per heavy atom. The number of aromatic nitrogens is 2. The molecule has 2 aromatic heterocycles. The van der Waals surface area contributed by atoms with E-state index >= 15 is 0 Å². The maximum Gasteiger partial charge on any atom is 0.244 e. The molecule has 3 heterocycles. The van der Waals surface area contributed by atoms with Crippen molar-refractivity contribution < 1.29 is 9.53 Å². The van der Waals surface area contributed by atoms with Crippen LogP contribution in [0.4, 0.5) is 0 Å². The van der Waals surface area contributed by atoms with Crippen LogP contribution in [-0.4, -0.2) is 33.7 Å². The normalized spacial score (nSPS) is 21.3. The van der Waals surface area contributed by atoms with E-state index in [0.29, 0.717) is 12.2 Å². The standard InChI is InChI=1S/C30H34N4O2/c1-19-16-20(2)32-29-28(19)24(18-31)26(12-13-27(35)33-22-14-15-36-30(3,4)17-22)34(29)25-11-7-9-21-8-5-6-10-23(21)25/h5-6,8,10,12-13,16,22,25H,7,9,11,14-15,17H2,1-4H3,(H,33,35)/b13-12+/t22-,25-/m0/s1. The summed E-state index contributed by atoms with van der Waals surface area (Å²) in [5, 5.41) is 14.3. The van der Waals surface area contributed by atoms with Crippen LogP contribution >= 0.6 is 0 Å². The average Bonchev–Trinajstić information content (AvgIpc) is 3.15. The zero-order valence-corrected chi connectivity index (χ0v) is 21.6. The van der Waals surface area contributed by atoms with Crippen LogP contribution in [0.1, 0.15) is 79.2 Å². The molecule has 1 aromatic carbocycles. The van der Waals surface area contributed by atoms with Crippen molar-refractivity contribution in [1.82, 2.24) is 14.9 Å². The number of nitriles is 1. The summed E-state index contributed by atoms with van der Waals surface area (Å²) in [7, 11) is 0. The van der Waals surface area contributed by atoms with Gasteiger partial charge in [0.2, 0.25) is 5.91 Å². The van der Waals surface area contributed by atoms with Crippen molar-refractivity contribution in [2.24, 2.45) is 0 Å². The summed E-state index contributed by atoms with van der Waals surface area (Å²) in [6.07, 6.45) is 8.04. The highest BCUT2D eigenvalue weighted by Gasteiger charge is 2.30. The molecule has 6 nitrogen and oxygen atoms in total. The van der Waals surface area contributed by atoms with Gasteiger partial charge in [0.15, 0.2) is 0 Å². The second kappa shape index (κ2) is 9.55. The summed E-state index contributed by atoms with van der Waals surface area (Å²) in [5.74, 6) is -0.150. The summed E-state index contributed by atoms with van der Waals surface area (Å²) in [4.78, 5) is 17.9. The van der Waals surface area contributed by atoms with E-state index in [9.17, 15) is 10.1 Å². The second-order valence-corrected chi connectivity index (χ2v) is 10.8. The van der Waals surface area contributed by atoms with E-state index in [1.807, 2.05) is 26.0 Å². The molecule has 0 spiro atoms. The maximum absolute atomic E-state index is 13.0. The number of benzene rings is 1. The Labute approximate surface area is 213 Å². The Hall–Kier alpha value is -3.43. The minimum absolute atomic E-state index is 0.0623. The smallest absolute Gasteiger partial charge is 0.244 e. The van der Waals surface area contributed by atoms with Crippen LogP contribution in [0.2, 0.25) is 0 Å². The number of amides is 1. The first kappa shape index (κ1) is 24.3. The molecule has 0 bridgehead atoms. The second-order valence-electron chi connectivity index (χ2n) is 10.8. The Balaban J connectivity index is 1.59. The number of ether oxygens (including phenoxy) is 1. The van der Waals surface area contributed by atoms with Crippen LogP contribution in [0.3, 0.4) is 0 Å². The monoisotopic (exact) mass is 482 g/mol. The fraction of sp³-hybridized carbons (Fsp3) is 0.433. The summed E-state index contributed by atoms with van der Waals surface area (Å²) in [5.41, 5.74) is 6.46. The van der Waals surface area contributed by atoms with E-state index in [-0.39, 0.29) is 23.6 Å². The number of hydrogen-bond donors (Lipinski definition) is 1. The highest BCUT2D eigenvalue weighted by atomic mass is 16.5. The minimum atomic E-state index is -0.240. The molecule has 5 rings (SSSR count). The van der Waals surface area contributed by atoms with Gasteiger partial charge >= 0.3 is 0 Å². The number of pyridine rings is 1. The molecule has 0 saturated carbocycles. The van der Waals surface area contributed by atoms with Gasteiger partial charge in [0.05, 0.1) is 22.9 Å². The van der Waals surface area contributed by atoms with Gasteiger partial charge < -0.3 is 14.6 Å². The number of carbonyl (C=O) groups is 1. The molecule has 1 N–H and O–H groups in total. The highest BCUT2D eigenvalue weighted by molar-refractivity contribution is 5.96. The summed E-state index contributed by atoms with van der Waals surface area (Å²) < 4.78 is 7.99. The molecular weight excluding hydrogens is 448 g/mol. The van der Waals surface area contributed by atoms with Crippen LogP contribution < -0.4 is 5.32 Å². The Bertz CT molecular complexity index is 1390. The van der Waals surface area contributed by atoms with Gasteiger partial charge in [0, 0.05) is 29.8 Å². The quantitative estimate of drug-likeness (QED) is 0.495. The third kappa shape index (κ3) is 4.56. The van der Waals surface area contributed by atoms with E-state index in [4.69, 9.17) is 9.72 Å². The van der Waals surface area contributed by atoms with Crippen LogP contribution in [0.25, 0.3) is 17.1 Å². The Morgan fingerprint density at radius 1 is 1.28 bits per heavy atom. The fourth-order valence-corrected chi connectivity index (χ4v) is 6.01. The van der Waals surface area contributed by atoms with E-state index < -0.39 is 0 Å². The number of nitrogens with zero attached hydrogens (tertiary/aromatic N) is 3. The first-order chi connectivity index (χ1) is 17.3. The van der Waals surface area contributed by atoms with Crippen LogP contribution in [0, 0.1) is 25.2 Å². The Morgan fingerprint density at radius 3 is 2.86 bits per heavy atom. The molecule has 186 valence electrons. The number of aryl methyl sites for hydroxylation is 3. The van der Waals surface area contributed by atoms with Crippen LogP contribution in [0.5, 0.6) is 0 Å². The lowest BCUT2D eigenvalue weighted by molar-refractivity contribution is -0.119. The van der Waals surface area contributed by atoms with Crippen molar-refractivity contribution in [2.75, 3.05) is 6.61 Å². The number of rotatable bonds is 4. The topological polar surface area (TPSA) is 79.9 Å². The molecule has 1 saturated heterocycles. The van der Waals surface area contributed by atoms with Gasteiger partial charge in [-0.1, -0.05) is 24.3 Å². The van der Waals surface area contributed by atoms with Gasteiger partial charge in [0.25, 0.3) is 0 Å². The lowest BCUT2D eigenvalue weighted by Crippen LogP contribution is -2.45. The van der Waals surface area contributed by atoms with Crippen molar-refractivity contribution in [2.45, 2.75) is 77.5 Å². The molecule has 36 heavy (non-hydrogen) atoms. The first-order valence-corrected chi connectivity index (χ1v) is 12.9. The maximum atomic E-state index is 13.0. The molecule has 1 aliphatic carbocycles. The molecule has 0 unspecified atom stereocenters. The zero-order valence-electron chi connectivity index (χ0n) is 21.6.